The summed E-state index contributed by atoms with van der Waals surface area (Å²) in [6.45, 7) is 3.36. The number of hydrogen-bond donors (Lipinski definition) is 1. The van der Waals surface area contributed by atoms with Gasteiger partial charge in [0, 0.05) is 25.5 Å². The summed E-state index contributed by atoms with van der Waals surface area (Å²) in [6.07, 6.45) is 6.20. The van der Waals surface area contributed by atoms with Crippen molar-refractivity contribution in [1.82, 2.24) is 25.0 Å². The maximum Gasteiger partial charge on any atom is 0.255 e. The highest BCUT2D eigenvalue weighted by Crippen LogP contribution is 2.22. The van der Waals surface area contributed by atoms with Gasteiger partial charge >= 0.3 is 0 Å². The SMILES string of the molecule is Cc1cc(C(=O)NCCCCN(C)C(=O)Cn2cnnc2)c2occc2c1. The van der Waals surface area contributed by atoms with Gasteiger partial charge in [-0.1, -0.05) is 0 Å². The topological polar surface area (TPSA) is 93.3 Å². The van der Waals surface area contributed by atoms with Crippen LogP contribution in [-0.4, -0.2) is 51.6 Å². The lowest BCUT2D eigenvalue weighted by Crippen LogP contribution is -2.31. The zero-order chi connectivity index (χ0) is 19.2. The Labute approximate surface area is 157 Å². The summed E-state index contributed by atoms with van der Waals surface area (Å²) >= 11 is 0. The van der Waals surface area contributed by atoms with E-state index in [1.165, 1.54) is 12.7 Å². The average molecular weight is 369 g/mol. The molecular weight excluding hydrogens is 346 g/mol. The highest BCUT2D eigenvalue weighted by atomic mass is 16.3. The molecule has 142 valence electrons. The number of nitrogens with one attached hydrogen (secondary N) is 1. The van der Waals surface area contributed by atoms with Gasteiger partial charge in [-0.2, -0.15) is 0 Å². The van der Waals surface area contributed by atoms with Crippen LogP contribution in [0.2, 0.25) is 0 Å². The summed E-state index contributed by atoms with van der Waals surface area (Å²) < 4.78 is 7.07. The van der Waals surface area contributed by atoms with Crippen LogP contribution in [0.15, 0.2) is 41.5 Å². The number of unbranched alkanes of at least 4 members (excludes halogenated alkanes) is 1. The number of furan rings is 1. The Balaban J connectivity index is 1.41. The Morgan fingerprint density at radius 2 is 2.00 bits per heavy atom. The molecule has 0 saturated heterocycles. The molecule has 0 aliphatic rings. The molecule has 3 aromatic rings. The lowest BCUT2D eigenvalue weighted by Gasteiger charge is -2.17. The first-order valence-electron chi connectivity index (χ1n) is 8.87. The molecule has 3 rings (SSSR count). The number of carbonyl (C=O) groups excluding carboxylic acids is 2. The molecule has 0 aliphatic carbocycles. The van der Waals surface area contributed by atoms with Crippen molar-refractivity contribution in [3.63, 3.8) is 0 Å². The number of hydrogen-bond acceptors (Lipinski definition) is 5. The van der Waals surface area contributed by atoms with E-state index in [0.29, 0.717) is 24.2 Å². The summed E-state index contributed by atoms with van der Waals surface area (Å²) in [6, 6.07) is 5.67. The zero-order valence-electron chi connectivity index (χ0n) is 15.5. The third-order valence-electron chi connectivity index (χ3n) is 4.36. The maximum absolute atomic E-state index is 12.4. The Morgan fingerprint density at radius 3 is 2.78 bits per heavy atom. The molecule has 2 amide bonds. The Morgan fingerprint density at radius 1 is 1.22 bits per heavy atom. The third kappa shape index (κ3) is 4.72. The van der Waals surface area contributed by atoms with Crippen molar-refractivity contribution in [1.29, 1.82) is 0 Å². The second kappa shape index (κ2) is 8.48. The summed E-state index contributed by atoms with van der Waals surface area (Å²) in [5.74, 6) is -0.144. The molecule has 1 aromatic carbocycles. The standard InChI is InChI=1S/C19H23N5O3/c1-14-9-15-5-8-27-18(15)16(10-14)19(26)20-6-3-4-7-23(2)17(25)11-24-12-21-22-13-24/h5,8-10,12-13H,3-4,6-7,11H2,1-2H3,(H,20,26). The van der Waals surface area contributed by atoms with Crippen LogP contribution in [0.25, 0.3) is 11.0 Å². The van der Waals surface area contributed by atoms with Crippen LogP contribution < -0.4 is 5.32 Å². The van der Waals surface area contributed by atoms with E-state index in [1.807, 2.05) is 25.1 Å². The van der Waals surface area contributed by atoms with Crippen LogP contribution in [0.5, 0.6) is 0 Å². The molecule has 0 fully saturated rings. The van der Waals surface area contributed by atoms with Gasteiger partial charge in [0.25, 0.3) is 5.91 Å². The van der Waals surface area contributed by atoms with Crippen molar-refractivity contribution in [3.8, 4) is 0 Å². The molecule has 0 spiro atoms. The molecule has 2 heterocycles. The second-order valence-corrected chi connectivity index (χ2v) is 6.56. The molecule has 0 atom stereocenters. The fraction of sp³-hybridized carbons (Fsp3) is 0.368. The minimum atomic E-state index is -0.143. The third-order valence-corrected chi connectivity index (χ3v) is 4.36. The monoisotopic (exact) mass is 369 g/mol. The number of carbonyl (C=O) groups is 2. The zero-order valence-corrected chi connectivity index (χ0v) is 15.5. The van der Waals surface area contributed by atoms with Crippen molar-refractivity contribution >= 4 is 22.8 Å². The average Bonchev–Trinajstić information content (AvgIpc) is 3.31. The first-order valence-corrected chi connectivity index (χ1v) is 8.87. The number of amides is 2. The predicted molar refractivity (Wildman–Crippen MR) is 100 cm³/mol. The first kappa shape index (κ1) is 18.6. The minimum Gasteiger partial charge on any atom is -0.464 e. The van der Waals surface area contributed by atoms with E-state index < -0.39 is 0 Å². The van der Waals surface area contributed by atoms with E-state index in [0.717, 1.165) is 23.8 Å². The molecule has 2 aromatic heterocycles. The maximum atomic E-state index is 12.4. The highest BCUT2D eigenvalue weighted by molar-refractivity contribution is 6.05. The summed E-state index contributed by atoms with van der Waals surface area (Å²) in [5, 5.41) is 11.2. The van der Waals surface area contributed by atoms with Crippen molar-refractivity contribution in [2.45, 2.75) is 26.3 Å². The smallest absolute Gasteiger partial charge is 0.255 e. The molecule has 8 heteroatoms. The normalized spacial score (nSPS) is 10.9. The Kier molecular flexibility index (Phi) is 5.85. The first-order chi connectivity index (χ1) is 13.0. The van der Waals surface area contributed by atoms with Gasteiger partial charge in [0.1, 0.15) is 24.8 Å². The van der Waals surface area contributed by atoms with Gasteiger partial charge in [-0.25, -0.2) is 0 Å². The number of nitrogens with zero attached hydrogens (tertiary/aromatic N) is 4. The van der Waals surface area contributed by atoms with Crippen LogP contribution in [0.4, 0.5) is 0 Å². The van der Waals surface area contributed by atoms with Crippen LogP contribution >= 0.6 is 0 Å². The fourth-order valence-corrected chi connectivity index (χ4v) is 2.88. The minimum absolute atomic E-state index is 0.00110. The number of likely N-dealkylation sites (N-methyl/N-ethyl adjacent to an activating group) is 1. The van der Waals surface area contributed by atoms with Gasteiger partial charge in [0.15, 0.2) is 0 Å². The van der Waals surface area contributed by atoms with Crippen LogP contribution in [0.3, 0.4) is 0 Å². The quantitative estimate of drug-likeness (QED) is 0.613. The molecule has 0 radical (unpaired) electrons. The van der Waals surface area contributed by atoms with Crippen molar-refractivity contribution in [2.24, 2.45) is 0 Å². The number of aryl methyl sites for hydroxylation is 1. The molecule has 27 heavy (non-hydrogen) atoms. The van der Waals surface area contributed by atoms with Crippen LogP contribution in [0, 0.1) is 6.92 Å². The van der Waals surface area contributed by atoms with E-state index in [-0.39, 0.29) is 18.4 Å². The van der Waals surface area contributed by atoms with E-state index >= 15 is 0 Å². The fourth-order valence-electron chi connectivity index (χ4n) is 2.88. The lowest BCUT2D eigenvalue weighted by atomic mass is 10.1. The molecule has 0 bridgehead atoms. The number of aromatic nitrogens is 3. The molecule has 0 unspecified atom stereocenters. The van der Waals surface area contributed by atoms with Gasteiger partial charge in [0.05, 0.1) is 11.8 Å². The van der Waals surface area contributed by atoms with E-state index in [2.05, 4.69) is 15.5 Å². The Bertz CT molecular complexity index is 917. The summed E-state index contributed by atoms with van der Waals surface area (Å²) in [4.78, 5) is 26.2. The van der Waals surface area contributed by atoms with Crippen LogP contribution in [0.1, 0.15) is 28.8 Å². The number of fused-ring (bicyclic) bond motifs is 1. The number of benzene rings is 1. The van der Waals surface area contributed by atoms with Gasteiger partial charge in [-0.15, -0.1) is 10.2 Å². The second-order valence-electron chi connectivity index (χ2n) is 6.56. The van der Waals surface area contributed by atoms with Gasteiger partial charge in [-0.3, -0.25) is 9.59 Å². The molecule has 8 nitrogen and oxygen atoms in total. The highest BCUT2D eigenvalue weighted by Gasteiger charge is 2.13. The largest absolute Gasteiger partial charge is 0.464 e. The molecule has 0 aliphatic heterocycles. The lowest BCUT2D eigenvalue weighted by molar-refractivity contribution is -0.130. The molecule has 1 N–H and O–H groups in total. The van der Waals surface area contributed by atoms with Gasteiger partial charge in [-0.05, 0) is 43.5 Å². The van der Waals surface area contributed by atoms with Gasteiger partial charge in [0.2, 0.25) is 5.91 Å². The van der Waals surface area contributed by atoms with E-state index in [4.69, 9.17) is 4.42 Å². The van der Waals surface area contributed by atoms with Gasteiger partial charge < -0.3 is 19.2 Å². The van der Waals surface area contributed by atoms with Crippen molar-refractivity contribution < 1.29 is 14.0 Å². The van der Waals surface area contributed by atoms with E-state index in [9.17, 15) is 9.59 Å². The molecule has 0 saturated carbocycles. The van der Waals surface area contributed by atoms with Crippen LogP contribution in [-0.2, 0) is 11.3 Å². The van der Waals surface area contributed by atoms with Crippen molar-refractivity contribution in [2.75, 3.05) is 20.1 Å². The number of rotatable bonds is 8. The van der Waals surface area contributed by atoms with E-state index in [1.54, 1.807) is 22.8 Å². The van der Waals surface area contributed by atoms with Crippen molar-refractivity contribution in [3.05, 3.63) is 48.2 Å². The summed E-state index contributed by atoms with van der Waals surface area (Å²) in [7, 11) is 1.77. The molecular formula is C19H23N5O3. The summed E-state index contributed by atoms with van der Waals surface area (Å²) in [5.41, 5.74) is 2.18. The predicted octanol–water partition coefficient (Wildman–Crippen LogP) is 2.00. The Hall–Kier alpha value is -3.16.